The Kier molecular flexibility index (Phi) is 4.33. The van der Waals surface area contributed by atoms with Crippen LogP contribution >= 0.6 is 0 Å². The number of amides is 1. The van der Waals surface area contributed by atoms with Crippen molar-refractivity contribution in [2.24, 2.45) is 0 Å². The Hall–Kier alpha value is -2.51. The highest BCUT2D eigenvalue weighted by Crippen LogP contribution is 2.29. The van der Waals surface area contributed by atoms with Crippen molar-refractivity contribution in [3.63, 3.8) is 0 Å². The van der Waals surface area contributed by atoms with Crippen molar-refractivity contribution in [3.8, 4) is 0 Å². The van der Waals surface area contributed by atoms with Crippen LogP contribution in [0.15, 0.2) is 42.5 Å². The maximum absolute atomic E-state index is 12.2. The van der Waals surface area contributed by atoms with E-state index in [1.54, 1.807) is 6.07 Å². The first-order valence-corrected chi connectivity index (χ1v) is 8.41. The number of aromatic nitrogens is 2. The fourth-order valence-corrected chi connectivity index (χ4v) is 3.20. The molecule has 0 saturated carbocycles. The summed E-state index contributed by atoms with van der Waals surface area (Å²) in [5, 5.41) is 11.1. The maximum atomic E-state index is 12.2. The average Bonchev–Trinajstić information content (AvgIpc) is 3.10. The Balaban J connectivity index is 1.44. The zero-order valence-corrected chi connectivity index (χ0v) is 13.9. The summed E-state index contributed by atoms with van der Waals surface area (Å²) in [6.45, 7) is 3.48. The van der Waals surface area contributed by atoms with Gasteiger partial charge in [0.25, 0.3) is 5.91 Å². The molecule has 0 radical (unpaired) electrons. The van der Waals surface area contributed by atoms with Gasteiger partial charge in [0.1, 0.15) is 5.60 Å². The van der Waals surface area contributed by atoms with E-state index < -0.39 is 0 Å². The van der Waals surface area contributed by atoms with E-state index in [2.05, 4.69) is 20.4 Å². The minimum absolute atomic E-state index is 0.233. The van der Waals surface area contributed by atoms with Crippen molar-refractivity contribution in [2.75, 3.05) is 43.1 Å². The lowest BCUT2D eigenvalue weighted by Gasteiger charge is -2.39. The molecule has 7 nitrogen and oxygen atoms in total. The third kappa shape index (κ3) is 3.47. The van der Waals surface area contributed by atoms with Crippen LogP contribution in [-0.4, -0.2) is 54.6 Å². The highest BCUT2D eigenvalue weighted by atomic mass is 16.6. The first-order valence-electron chi connectivity index (χ1n) is 8.41. The Morgan fingerprint density at radius 2 is 2.00 bits per heavy atom. The highest BCUT2D eigenvalue weighted by Gasteiger charge is 2.40. The quantitative estimate of drug-likeness (QED) is 0.917. The third-order valence-corrected chi connectivity index (χ3v) is 4.55. The van der Waals surface area contributed by atoms with Crippen molar-refractivity contribution >= 4 is 17.4 Å². The zero-order chi connectivity index (χ0) is 17.1. The summed E-state index contributed by atoms with van der Waals surface area (Å²) < 4.78 is 11.4. The highest BCUT2D eigenvalue weighted by molar-refractivity contribution is 6.02. The molecule has 0 aliphatic carbocycles. The number of carbonyl (C=O) groups excluding carboxylic acids is 1. The van der Waals surface area contributed by atoms with Gasteiger partial charge in [-0.25, -0.2) is 0 Å². The number of ether oxygens (including phenoxy) is 2. The lowest BCUT2D eigenvalue weighted by Crippen LogP contribution is -2.52. The number of nitrogens with one attached hydrogen (secondary N) is 1. The molecule has 1 unspecified atom stereocenters. The van der Waals surface area contributed by atoms with E-state index in [1.807, 2.05) is 36.4 Å². The van der Waals surface area contributed by atoms with Gasteiger partial charge in [-0.05, 0) is 24.3 Å². The Bertz CT molecular complexity index is 730. The maximum Gasteiger partial charge on any atom is 0.276 e. The van der Waals surface area contributed by atoms with Gasteiger partial charge in [-0.1, -0.05) is 18.2 Å². The van der Waals surface area contributed by atoms with Crippen molar-refractivity contribution < 1.29 is 14.3 Å². The standard InChI is InChI=1S/C18H20N4O3/c23-17(19-14-4-2-1-3-5-14)15-6-7-16(21-20-15)22-9-11-25-18(12-22)8-10-24-13-18/h1-7H,8-13H2,(H,19,23). The van der Waals surface area contributed by atoms with Gasteiger partial charge in [0, 0.05) is 25.3 Å². The van der Waals surface area contributed by atoms with Crippen LogP contribution in [0.2, 0.25) is 0 Å². The number of hydrogen-bond acceptors (Lipinski definition) is 6. The average molecular weight is 340 g/mol. The van der Waals surface area contributed by atoms with Gasteiger partial charge in [0.15, 0.2) is 11.5 Å². The number of nitrogens with zero attached hydrogens (tertiary/aromatic N) is 3. The molecule has 0 bridgehead atoms. The SMILES string of the molecule is O=C(Nc1ccccc1)c1ccc(N2CCOC3(CCOC3)C2)nn1. The molecule has 1 aromatic heterocycles. The molecule has 2 fully saturated rings. The lowest BCUT2D eigenvalue weighted by molar-refractivity contribution is -0.0581. The Morgan fingerprint density at radius 3 is 2.72 bits per heavy atom. The number of hydrogen-bond donors (Lipinski definition) is 1. The summed E-state index contributed by atoms with van der Waals surface area (Å²) in [7, 11) is 0. The molecule has 2 aliphatic rings. The van der Waals surface area contributed by atoms with Gasteiger partial charge in [0.2, 0.25) is 0 Å². The zero-order valence-electron chi connectivity index (χ0n) is 13.9. The molecule has 1 aromatic carbocycles. The molecule has 25 heavy (non-hydrogen) atoms. The molecule has 7 heteroatoms. The summed E-state index contributed by atoms with van der Waals surface area (Å²) in [5.41, 5.74) is 0.790. The number of carbonyl (C=O) groups is 1. The van der Waals surface area contributed by atoms with Gasteiger partial charge >= 0.3 is 0 Å². The van der Waals surface area contributed by atoms with Gasteiger partial charge in [-0.3, -0.25) is 4.79 Å². The second-order valence-corrected chi connectivity index (χ2v) is 6.35. The number of para-hydroxylation sites is 1. The molecule has 1 spiro atoms. The van der Waals surface area contributed by atoms with E-state index in [-0.39, 0.29) is 11.5 Å². The van der Waals surface area contributed by atoms with E-state index >= 15 is 0 Å². The predicted octanol–water partition coefficient (Wildman–Crippen LogP) is 1.72. The van der Waals surface area contributed by atoms with Crippen molar-refractivity contribution in [1.29, 1.82) is 0 Å². The van der Waals surface area contributed by atoms with Crippen LogP contribution in [0.1, 0.15) is 16.9 Å². The van der Waals surface area contributed by atoms with Gasteiger partial charge < -0.3 is 19.7 Å². The van der Waals surface area contributed by atoms with Crippen LogP contribution in [0.3, 0.4) is 0 Å². The van der Waals surface area contributed by atoms with Gasteiger partial charge in [-0.2, -0.15) is 0 Å². The van der Waals surface area contributed by atoms with E-state index in [0.29, 0.717) is 18.9 Å². The molecule has 2 aliphatic heterocycles. The van der Waals surface area contributed by atoms with Crippen LogP contribution in [0.5, 0.6) is 0 Å². The molecule has 2 aromatic rings. The molecule has 1 amide bonds. The van der Waals surface area contributed by atoms with Crippen molar-refractivity contribution in [2.45, 2.75) is 12.0 Å². The van der Waals surface area contributed by atoms with Crippen LogP contribution in [0.4, 0.5) is 11.5 Å². The minimum atomic E-state index is -0.270. The lowest BCUT2D eigenvalue weighted by atomic mass is 10.0. The van der Waals surface area contributed by atoms with E-state index in [1.165, 1.54) is 0 Å². The number of anilines is 2. The van der Waals surface area contributed by atoms with Gasteiger partial charge in [0.05, 0.1) is 19.8 Å². The fraction of sp³-hybridized carbons (Fsp3) is 0.389. The number of morpholine rings is 1. The van der Waals surface area contributed by atoms with Crippen LogP contribution < -0.4 is 10.2 Å². The third-order valence-electron chi connectivity index (χ3n) is 4.55. The normalized spacial score (nSPS) is 23.0. The van der Waals surface area contributed by atoms with Gasteiger partial charge in [-0.15, -0.1) is 10.2 Å². The van der Waals surface area contributed by atoms with Crippen LogP contribution in [0, 0.1) is 0 Å². The monoisotopic (exact) mass is 340 g/mol. The van der Waals surface area contributed by atoms with Crippen LogP contribution in [-0.2, 0) is 9.47 Å². The fourth-order valence-electron chi connectivity index (χ4n) is 3.20. The smallest absolute Gasteiger partial charge is 0.276 e. The first kappa shape index (κ1) is 16.0. The first-order chi connectivity index (χ1) is 12.2. The molecule has 130 valence electrons. The van der Waals surface area contributed by atoms with Crippen molar-refractivity contribution in [1.82, 2.24) is 10.2 Å². The number of rotatable bonds is 3. The second-order valence-electron chi connectivity index (χ2n) is 6.35. The largest absolute Gasteiger partial charge is 0.378 e. The number of benzene rings is 1. The van der Waals surface area contributed by atoms with Crippen LogP contribution in [0.25, 0.3) is 0 Å². The summed E-state index contributed by atoms with van der Waals surface area (Å²) >= 11 is 0. The molecular formula is C18H20N4O3. The van der Waals surface area contributed by atoms with E-state index in [0.717, 1.165) is 37.6 Å². The molecule has 4 rings (SSSR count). The summed E-state index contributed by atoms with van der Waals surface area (Å²) in [5.74, 6) is 0.485. The Morgan fingerprint density at radius 1 is 1.12 bits per heavy atom. The van der Waals surface area contributed by atoms with E-state index in [4.69, 9.17) is 9.47 Å². The molecule has 3 heterocycles. The molecular weight excluding hydrogens is 320 g/mol. The molecule has 1 atom stereocenters. The minimum Gasteiger partial charge on any atom is -0.378 e. The molecule has 2 saturated heterocycles. The second kappa shape index (κ2) is 6.78. The summed E-state index contributed by atoms with van der Waals surface area (Å²) in [4.78, 5) is 14.4. The van der Waals surface area contributed by atoms with Crippen molar-refractivity contribution in [3.05, 3.63) is 48.2 Å². The Labute approximate surface area is 146 Å². The van der Waals surface area contributed by atoms with E-state index in [9.17, 15) is 4.79 Å². The summed E-state index contributed by atoms with van der Waals surface area (Å²) in [6, 6.07) is 12.8. The topological polar surface area (TPSA) is 76.6 Å². The summed E-state index contributed by atoms with van der Waals surface area (Å²) in [6.07, 6.45) is 0.897. The molecule has 1 N–H and O–H groups in total. The predicted molar refractivity (Wildman–Crippen MR) is 92.8 cm³/mol.